The van der Waals surface area contributed by atoms with E-state index < -0.39 is 0 Å². The predicted molar refractivity (Wildman–Crippen MR) is 83.8 cm³/mol. The normalized spacial score (nSPS) is 17.6. The Balaban J connectivity index is 0.000000351. The first-order chi connectivity index (χ1) is 8.60. The SMILES string of the molecule is C=C(CC)NC(C)CCCC.CC1CCCCC1. The first kappa shape index (κ1) is 17.5. The molecule has 0 spiro atoms. The van der Waals surface area contributed by atoms with Crippen LogP contribution in [-0.4, -0.2) is 6.04 Å². The lowest BCUT2D eigenvalue weighted by molar-refractivity contribution is 0.385. The number of nitrogens with one attached hydrogen (secondary N) is 1. The van der Waals surface area contributed by atoms with E-state index in [2.05, 4.69) is 39.6 Å². The van der Waals surface area contributed by atoms with Crippen molar-refractivity contribution in [3.8, 4) is 0 Å². The van der Waals surface area contributed by atoms with Crippen LogP contribution in [0.1, 0.15) is 85.5 Å². The van der Waals surface area contributed by atoms with Crippen LogP contribution in [0.2, 0.25) is 0 Å². The van der Waals surface area contributed by atoms with E-state index in [4.69, 9.17) is 0 Å². The lowest BCUT2D eigenvalue weighted by Crippen LogP contribution is -2.24. The molecular weight excluding hydrogens is 218 g/mol. The zero-order valence-corrected chi connectivity index (χ0v) is 13.2. The Hall–Kier alpha value is -0.460. The highest BCUT2D eigenvalue weighted by Crippen LogP contribution is 2.22. The van der Waals surface area contributed by atoms with Gasteiger partial charge in [-0.05, 0) is 25.7 Å². The Morgan fingerprint density at radius 1 is 1.22 bits per heavy atom. The summed E-state index contributed by atoms with van der Waals surface area (Å²) in [5.41, 5.74) is 1.16. The van der Waals surface area contributed by atoms with E-state index >= 15 is 0 Å². The molecule has 0 aromatic carbocycles. The molecule has 0 aromatic heterocycles. The van der Waals surface area contributed by atoms with Gasteiger partial charge in [0.15, 0.2) is 0 Å². The Bertz CT molecular complexity index is 192. The van der Waals surface area contributed by atoms with Crippen LogP contribution < -0.4 is 5.32 Å². The van der Waals surface area contributed by atoms with Crippen LogP contribution >= 0.6 is 0 Å². The van der Waals surface area contributed by atoms with Gasteiger partial charge in [-0.2, -0.15) is 0 Å². The van der Waals surface area contributed by atoms with Crippen molar-refractivity contribution in [1.82, 2.24) is 5.32 Å². The maximum atomic E-state index is 3.91. The first-order valence-electron chi connectivity index (χ1n) is 8.04. The van der Waals surface area contributed by atoms with E-state index in [1.807, 2.05) is 0 Å². The van der Waals surface area contributed by atoms with Gasteiger partial charge in [-0.15, -0.1) is 0 Å². The van der Waals surface area contributed by atoms with Gasteiger partial charge in [0, 0.05) is 11.7 Å². The maximum absolute atomic E-state index is 3.91. The second-order valence-corrected chi connectivity index (χ2v) is 5.89. The van der Waals surface area contributed by atoms with Crippen LogP contribution in [0, 0.1) is 5.92 Å². The molecular formula is C17H35N. The van der Waals surface area contributed by atoms with Crippen LogP contribution in [0.15, 0.2) is 12.3 Å². The zero-order valence-electron chi connectivity index (χ0n) is 13.2. The molecule has 1 N–H and O–H groups in total. The number of hydrogen-bond donors (Lipinski definition) is 1. The van der Waals surface area contributed by atoms with Crippen molar-refractivity contribution in [3.05, 3.63) is 12.3 Å². The van der Waals surface area contributed by atoms with Gasteiger partial charge in [-0.25, -0.2) is 0 Å². The second kappa shape index (κ2) is 11.6. The van der Waals surface area contributed by atoms with Gasteiger partial charge in [-0.1, -0.05) is 72.3 Å². The van der Waals surface area contributed by atoms with Crippen LogP contribution in [-0.2, 0) is 0 Å². The van der Waals surface area contributed by atoms with Crippen molar-refractivity contribution in [2.24, 2.45) is 5.92 Å². The molecule has 1 unspecified atom stereocenters. The fourth-order valence-electron chi connectivity index (χ4n) is 2.34. The monoisotopic (exact) mass is 253 g/mol. The predicted octanol–water partition coefficient (Wildman–Crippen LogP) is 5.67. The minimum Gasteiger partial charge on any atom is -0.386 e. The Morgan fingerprint density at radius 2 is 1.83 bits per heavy atom. The summed E-state index contributed by atoms with van der Waals surface area (Å²) < 4.78 is 0. The molecule has 1 aliphatic rings. The van der Waals surface area contributed by atoms with E-state index in [1.54, 1.807) is 0 Å². The van der Waals surface area contributed by atoms with Gasteiger partial charge in [0.05, 0.1) is 0 Å². The molecule has 1 heteroatoms. The number of allylic oxidation sites excluding steroid dienone is 1. The smallest absolute Gasteiger partial charge is 0.0229 e. The Morgan fingerprint density at radius 3 is 2.22 bits per heavy atom. The van der Waals surface area contributed by atoms with Crippen molar-refractivity contribution in [2.75, 3.05) is 0 Å². The quantitative estimate of drug-likeness (QED) is 0.643. The molecule has 0 bridgehead atoms. The van der Waals surface area contributed by atoms with Gasteiger partial charge in [0.2, 0.25) is 0 Å². The zero-order chi connectivity index (χ0) is 13.8. The van der Waals surface area contributed by atoms with Crippen molar-refractivity contribution in [3.63, 3.8) is 0 Å². The summed E-state index contributed by atoms with van der Waals surface area (Å²) in [6.45, 7) is 12.8. The summed E-state index contributed by atoms with van der Waals surface area (Å²) >= 11 is 0. The molecule has 1 saturated carbocycles. The third-order valence-corrected chi connectivity index (χ3v) is 3.76. The summed E-state index contributed by atoms with van der Waals surface area (Å²) in [7, 11) is 0. The van der Waals surface area contributed by atoms with E-state index in [0.717, 1.165) is 18.0 Å². The highest BCUT2D eigenvalue weighted by Gasteiger charge is 2.05. The molecule has 18 heavy (non-hydrogen) atoms. The summed E-state index contributed by atoms with van der Waals surface area (Å²) in [6.07, 6.45) is 12.3. The molecule has 0 aliphatic heterocycles. The van der Waals surface area contributed by atoms with Gasteiger partial charge >= 0.3 is 0 Å². The van der Waals surface area contributed by atoms with Crippen molar-refractivity contribution >= 4 is 0 Å². The summed E-state index contributed by atoms with van der Waals surface area (Å²) in [5.74, 6) is 1.04. The summed E-state index contributed by atoms with van der Waals surface area (Å²) in [5, 5.41) is 3.37. The number of hydrogen-bond acceptors (Lipinski definition) is 1. The molecule has 1 fully saturated rings. The second-order valence-electron chi connectivity index (χ2n) is 5.89. The third-order valence-electron chi connectivity index (χ3n) is 3.76. The van der Waals surface area contributed by atoms with Crippen LogP contribution in [0.4, 0.5) is 0 Å². The van der Waals surface area contributed by atoms with Gasteiger partial charge in [0.25, 0.3) is 0 Å². The molecule has 1 rings (SSSR count). The lowest BCUT2D eigenvalue weighted by Gasteiger charge is -2.15. The molecule has 0 saturated heterocycles. The van der Waals surface area contributed by atoms with Crippen LogP contribution in [0.5, 0.6) is 0 Å². The third kappa shape index (κ3) is 10.7. The number of unbranched alkanes of at least 4 members (excludes halogenated alkanes) is 1. The highest BCUT2D eigenvalue weighted by atomic mass is 14.9. The number of rotatable bonds is 6. The average Bonchev–Trinajstić information content (AvgIpc) is 2.38. The van der Waals surface area contributed by atoms with Crippen LogP contribution in [0.25, 0.3) is 0 Å². The molecule has 108 valence electrons. The molecule has 1 aliphatic carbocycles. The molecule has 0 aromatic rings. The molecule has 0 radical (unpaired) electrons. The first-order valence-corrected chi connectivity index (χ1v) is 8.04. The van der Waals surface area contributed by atoms with E-state index in [9.17, 15) is 0 Å². The van der Waals surface area contributed by atoms with Crippen molar-refractivity contribution < 1.29 is 0 Å². The lowest BCUT2D eigenvalue weighted by atomic mass is 9.91. The van der Waals surface area contributed by atoms with Crippen LogP contribution in [0.3, 0.4) is 0 Å². The Labute approximate surface area is 115 Å². The molecule has 1 nitrogen and oxygen atoms in total. The van der Waals surface area contributed by atoms with E-state index in [-0.39, 0.29) is 0 Å². The summed E-state index contributed by atoms with van der Waals surface area (Å²) in [6, 6.07) is 0.599. The van der Waals surface area contributed by atoms with E-state index in [1.165, 1.54) is 51.4 Å². The fraction of sp³-hybridized carbons (Fsp3) is 0.882. The largest absolute Gasteiger partial charge is 0.386 e. The maximum Gasteiger partial charge on any atom is 0.0229 e. The topological polar surface area (TPSA) is 12.0 Å². The molecule has 0 heterocycles. The van der Waals surface area contributed by atoms with Crippen molar-refractivity contribution in [1.29, 1.82) is 0 Å². The molecule has 0 amide bonds. The van der Waals surface area contributed by atoms with E-state index in [0.29, 0.717) is 6.04 Å². The van der Waals surface area contributed by atoms with Gasteiger partial charge in [-0.3, -0.25) is 0 Å². The van der Waals surface area contributed by atoms with Gasteiger partial charge in [0.1, 0.15) is 0 Å². The standard InChI is InChI=1S/C10H21N.C7H14/c1-5-7-8-10(4)11-9(3)6-2;1-7-5-3-2-4-6-7/h10-11H,3,5-8H2,1-2,4H3;7H,2-6H2,1H3. The Kier molecular flexibility index (Phi) is 11.3. The average molecular weight is 253 g/mol. The fourth-order valence-corrected chi connectivity index (χ4v) is 2.34. The highest BCUT2D eigenvalue weighted by molar-refractivity contribution is 4.91. The minimum absolute atomic E-state index is 0.599. The molecule has 1 atom stereocenters. The summed E-state index contributed by atoms with van der Waals surface area (Å²) in [4.78, 5) is 0. The van der Waals surface area contributed by atoms with Crippen molar-refractivity contribution in [2.45, 2.75) is 91.5 Å². The minimum atomic E-state index is 0.599. The van der Waals surface area contributed by atoms with Gasteiger partial charge < -0.3 is 5.32 Å².